The molecule has 0 atom stereocenters. The van der Waals surface area contributed by atoms with Crippen LogP contribution in [0.5, 0.6) is 11.5 Å². The molecule has 0 unspecified atom stereocenters. The molecule has 3 nitrogen and oxygen atoms in total. The van der Waals surface area contributed by atoms with Gasteiger partial charge in [0.15, 0.2) is 5.78 Å². The first kappa shape index (κ1) is 12.6. The Bertz CT molecular complexity index is 532. The summed E-state index contributed by atoms with van der Waals surface area (Å²) in [7, 11) is 3.14. The average Bonchev–Trinajstić information content (AvgIpc) is 2.90. The number of hydrogen-bond donors (Lipinski definition) is 0. The first-order chi connectivity index (χ1) is 8.74. The Morgan fingerprint density at radius 1 is 1.22 bits per heavy atom. The lowest BCUT2D eigenvalue weighted by Crippen LogP contribution is -2.05. The molecule has 0 bridgehead atoms. The molecule has 0 radical (unpaired) electrons. The summed E-state index contributed by atoms with van der Waals surface area (Å²) in [5.74, 6) is 1.27. The van der Waals surface area contributed by atoms with Gasteiger partial charge in [-0.25, -0.2) is 0 Å². The summed E-state index contributed by atoms with van der Waals surface area (Å²) in [5, 5.41) is 1.96. The Kier molecular flexibility index (Phi) is 3.99. The number of rotatable bonds is 5. The summed E-state index contributed by atoms with van der Waals surface area (Å²) in [6, 6.07) is 9.14. The van der Waals surface area contributed by atoms with Crippen LogP contribution in [0.3, 0.4) is 0 Å². The fourth-order valence-corrected chi connectivity index (χ4v) is 2.40. The van der Waals surface area contributed by atoms with E-state index < -0.39 is 0 Å². The first-order valence-electron chi connectivity index (χ1n) is 5.52. The highest BCUT2D eigenvalue weighted by atomic mass is 32.1. The van der Waals surface area contributed by atoms with E-state index >= 15 is 0 Å². The molecule has 0 fully saturated rings. The van der Waals surface area contributed by atoms with Crippen molar-refractivity contribution in [3.05, 3.63) is 46.2 Å². The van der Waals surface area contributed by atoms with Crippen LogP contribution in [0.25, 0.3) is 0 Å². The third-order valence-electron chi connectivity index (χ3n) is 2.62. The quantitative estimate of drug-likeness (QED) is 0.776. The standard InChI is InChI=1S/C14H14O3S/c1-16-10-5-6-14(17-2)12(8-10)13(15)9-11-4-3-7-18-11/h3-8H,9H2,1-2H3. The Morgan fingerprint density at radius 3 is 2.67 bits per heavy atom. The van der Waals surface area contributed by atoms with Crippen LogP contribution < -0.4 is 9.47 Å². The summed E-state index contributed by atoms with van der Waals surface area (Å²) in [4.78, 5) is 13.3. The van der Waals surface area contributed by atoms with Crippen molar-refractivity contribution in [1.29, 1.82) is 0 Å². The number of hydrogen-bond acceptors (Lipinski definition) is 4. The molecule has 0 saturated carbocycles. The van der Waals surface area contributed by atoms with Gasteiger partial charge in [0, 0.05) is 11.3 Å². The molecule has 0 saturated heterocycles. The topological polar surface area (TPSA) is 35.5 Å². The Labute approximate surface area is 110 Å². The van der Waals surface area contributed by atoms with Gasteiger partial charge >= 0.3 is 0 Å². The van der Waals surface area contributed by atoms with Crippen molar-refractivity contribution in [2.24, 2.45) is 0 Å². The lowest BCUT2D eigenvalue weighted by molar-refractivity contribution is 0.0990. The van der Waals surface area contributed by atoms with Crippen molar-refractivity contribution in [2.75, 3.05) is 14.2 Å². The second-order valence-electron chi connectivity index (χ2n) is 3.75. The van der Waals surface area contributed by atoms with Gasteiger partial charge in [0.1, 0.15) is 11.5 Å². The molecular weight excluding hydrogens is 248 g/mol. The van der Waals surface area contributed by atoms with Crippen molar-refractivity contribution < 1.29 is 14.3 Å². The Morgan fingerprint density at radius 2 is 2.06 bits per heavy atom. The third kappa shape index (κ3) is 2.71. The first-order valence-corrected chi connectivity index (χ1v) is 6.40. The zero-order valence-electron chi connectivity index (χ0n) is 10.3. The van der Waals surface area contributed by atoms with Crippen molar-refractivity contribution in [1.82, 2.24) is 0 Å². The van der Waals surface area contributed by atoms with Crippen LogP contribution >= 0.6 is 11.3 Å². The number of benzene rings is 1. The van der Waals surface area contributed by atoms with E-state index in [0.717, 1.165) is 4.88 Å². The van der Waals surface area contributed by atoms with Crippen LogP contribution in [-0.2, 0) is 6.42 Å². The van der Waals surface area contributed by atoms with Gasteiger partial charge in [-0.05, 0) is 29.6 Å². The highest BCUT2D eigenvalue weighted by Gasteiger charge is 2.14. The molecule has 2 rings (SSSR count). The number of Topliss-reactive ketones (excluding diaryl/α,β-unsaturated/α-hetero) is 1. The predicted molar refractivity (Wildman–Crippen MR) is 71.9 cm³/mol. The number of methoxy groups -OCH3 is 2. The molecule has 94 valence electrons. The third-order valence-corrected chi connectivity index (χ3v) is 3.50. The molecule has 0 aliphatic heterocycles. The molecule has 0 amide bonds. The summed E-state index contributed by atoms with van der Waals surface area (Å²) in [6.07, 6.45) is 0.390. The molecule has 4 heteroatoms. The minimum Gasteiger partial charge on any atom is -0.497 e. The molecule has 1 aromatic carbocycles. The summed E-state index contributed by atoms with van der Waals surface area (Å²) in [5.41, 5.74) is 0.560. The van der Waals surface area contributed by atoms with E-state index in [1.54, 1.807) is 43.8 Å². The lowest BCUT2D eigenvalue weighted by atomic mass is 10.1. The maximum absolute atomic E-state index is 12.2. The van der Waals surface area contributed by atoms with Crippen LogP contribution in [0, 0.1) is 0 Å². The van der Waals surface area contributed by atoms with Crippen LogP contribution in [-0.4, -0.2) is 20.0 Å². The highest BCUT2D eigenvalue weighted by molar-refractivity contribution is 7.10. The van der Waals surface area contributed by atoms with Gasteiger partial charge in [-0.3, -0.25) is 4.79 Å². The average molecular weight is 262 g/mol. The molecule has 0 N–H and O–H groups in total. The van der Waals surface area contributed by atoms with Crippen LogP contribution in [0.1, 0.15) is 15.2 Å². The summed E-state index contributed by atoms with van der Waals surface area (Å²) in [6.45, 7) is 0. The van der Waals surface area contributed by atoms with Gasteiger partial charge in [0.2, 0.25) is 0 Å². The zero-order valence-corrected chi connectivity index (χ0v) is 11.1. The number of ether oxygens (including phenoxy) is 2. The Balaban J connectivity index is 2.27. The number of ketones is 1. The van der Waals surface area contributed by atoms with E-state index in [-0.39, 0.29) is 5.78 Å². The summed E-state index contributed by atoms with van der Waals surface area (Å²) >= 11 is 1.58. The Hall–Kier alpha value is -1.81. The van der Waals surface area contributed by atoms with Crippen molar-refractivity contribution in [2.45, 2.75) is 6.42 Å². The van der Waals surface area contributed by atoms with Gasteiger partial charge < -0.3 is 9.47 Å². The molecule has 0 aliphatic carbocycles. The molecule has 0 spiro atoms. The van der Waals surface area contributed by atoms with E-state index in [1.807, 2.05) is 17.5 Å². The van der Waals surface area contributed by atoms with Gasteiger partial charge in [0.25, 0.3) is 0 Å². The van der Waals surface area contributed by atoms with Crippen molar-refractivity contribution in [3.63, 3.8) is 0 Å². The largest absolute Gasteiger partial charge is 0.497 e. The zero-order chi connectivity index (χ0) is 13.0. The van der Waals surface area contributed by atoms with Crippen LogP contribution in [0.4, 0.5) is 0 Å². The maximum Gasteiger partial charge on any atom is 0.171 e. The van der Waals surface area contributed by atoms with E-state index in [9.17, 15) is 4.79 Å². The van der Waals surface area contributed by atoms with Crippen LogP contribution in [0.15, 0.2) is 35.7 Å². The number of carbonyl (C=O) groups excluding carboxylic acids is 1. The smallest absolute Gasteiger partial charge is 0.171 e. The lowest BCUT2D eigenvalue weighted by Gasteiger charge is -2.09. The minimum absolute atomic E-state index is 0.0354. The predicted octanol–water partition coefficient (Wildman–Crippen LogP) is 3.19. The SMILES string of the molecule is COc1ccc(OC)c(C(=O)Cc2cccs2)c1. The second kappa shape index (κ2) is 5.69. The van der Waals surface area contributed by atoms with Gasteiger partial charge in [0.05, 0.1) is 19.8 Å². The monoisotopic (exact) mass is 262 g/mol. The van der Waals surface area contributed by atoms with E-state index in [4.69, 9.17) is 9.47 Å². The second-order valence-corrected chi connectivity index (χ2v) is 4.78. The fraction of sp³-hybridized carbons (Fsp3) is 0.214. The van der Waals surface area contributed by atoms with Gasteiger partial charge in [-0.1, -0.05) is 6.07 Å². The molecule has 0 aliphatic rings. The van der Waals surface area contributed by atoms with E-state index in [2.05, 4.69) is 0 Å². The number of thiophene rings is 1. The molecule has 1 heterocycles. The van der Waals surface area contributed by atoms with Crippen LogP contribution in [0.2, 0.25) is 0 Å². The summed E-state index contributed by atoms with van der Waals surface area (Å²) < 4.78 is 10.3. The normalized spacial score (nSPS) is 10.1. The van der Waals surface area contributed by atoms with E-state index in [1.165, 1.54) is 0 Å². The minimum atomic E-state index is 0.0354. The maximum atomic E-state index is 12.2. The van der Waals surface area contributed by atoms with Gasteiger partial charge in [-0.2, -0.15) is 0 Å². The molecule has 2 aromatic rings. The molecular formula is C14H14O3S. The van der Waals surface area contributed by atoms with Gasteiger partial charge in [-0.15, -0.1) is 11.3 Å². The fourth-order valence-electron chi connectivity index (χ4n) is 1.70. The highest BCUT2D eigenvalue weighted by Crippen LogP contribution is 2.25. The molecule has 18 heavy (non-hydrogen) atoms. The molecule has 1 aromatic heterocycles. The van der Waals surface area contributed by atoms with Crippen molar-refractivity contribution >= 4 is 17.1 Å². The van der Waals surface area contributed by atoms with Crippen molar-refractivity contribution in [3.8, 4) is 11.5 Å². The number of carbonyl (C=O) groups is 1. The van der Waals surface area contributed by atoms with E-state index in [0.29, 0.717) is 23.5 Å².